The van der Waals surface area contributed by atoms with Crippen molar-refractivity contribution in [2.45, 2.75) is 25.1 Å². The second kappa shape index (κ2) is 5.75. The Balaban J connectivity index is 1.73. The number of halogens is 3. The van der Waals surface area contributed by atoms with Gasteiger partial charge in [0.25, 0.3) is 0 Å². The highest BCUT2D eigenvalue weighted by atomic mass is 19.4. The third kappa shape index (κ3) is 4.10. The Morgan fingerprint density at radius 2 is 1.50 bits per heavy atom. The minimum atomic E-state index is -4.07. The van der Waals surface area contributed by atoms with Crippen LogP contribution in [0.1, 0.15) is 12.8 Å². The summed E-state index contributed by atoms with van der Waals surface area (Å²) < 4.78 is 36.8. The largest absolute Gasteiger partial charge is 0.459 e. The molecule has 2 fully saturated rings. The zero-order valence-corrected chi connectivity index (χ0v) is 10.6. The van der Waals surface area contributed by atoms with E-state index in [9.17, 15) is 13.2 Å². The molecule has 0 radical (unpaired) electrons. The predicted octanol–water partition coefficient (Wildman–Crippen LogP) is 1.42. The van der Waals surface area contributed by atoms with Gasteiger partial charge in [-0.25, -0.2) is 0 Å². The zero-order chi connectivity index (χ0) is 13.2. The highest BCUT2D eigenvalue weighted by Crippen LogP contribution is 2.20. The van der Waals surface area contributed by atoms with Crippen LogP contribution in [-0.4, -0.2) is 72.7 Å². The number of piperidine rings is 1. The van der Waals surface area contributed by atoms with E-state index >= 15 is 0 Å². The summed E-state index contributed by atoms with van der Waals surface area (Å²) in [5, 5.41) is 0. The average molecular weight is 264 g/mol. The van der Waals surface area contributed by atoms with Crippen LogP contribution in [0, 0.1) is 7.05 Å². The third-order valence-electron chi connectivity index (χ3n) is 3.88. The van der Waals surface area contributed by atoms with Crippen molar-refractivity contribution in [3.8, 4) is 0 Å². The van der Waals surface area contributed by atoms with E-state index in [2.05, 4.69) is 16.8 Å². The first-order chi connectivity index (χ1) is 8.44. The molecule has 0 atom stereocenters. The monoisotopic (exact) mass is 264 g/mol. The first-order valence-corrected chi connectivity index (χ1v) is 6.53. The van der Waals surface area contributed by atoms with Crippen molar-refractivity contribution >= 4 is 0 Å². The lowest BCUT2D eigenvalue weighted by molar-refractivity contribution is -0.150. The number of hydrogen-bond donors (Lipinski definition) is 0. The van der Waals surface area contributed by atoms with Crippen LogP contribution in [0.3, 0.4) is 0 Å². The summed E-state index contributed by atoms with van der Waals surface area (Å²) in [6.45, 7) is 3.81. The van der Waals surface area contributed by atoms with Gasteiger partial charge in [0.1, 0.15) is 0 Å². The maximum Gasteiger partial charge on any atom is 0.401 e. The van der Waals surface area contributed by atoms with Crippen molar-refractivity contribution in [2.75, 3.05) is 45.8 Å². The van der Waals surface area contributed by atoms with Gasteiger partial charge in [-0.15, -0.1) is 0 Å². The van der Waals surface area contributed by atoms with Crippen LogP contribution in [-0.2, 0) is 0 Å². The van der Waals surface area contributed by atoms with Crippen molar-refractivity contribution in [1.82, 2.24) is 14.7 Å². The number of alkyl halides is 3. The Morgan fingerprint density at radius 3 is 2.00 bits per heavy atom. The molecule has 0 aromatic heterocycles. The summed E-state index contributed by atoms with van der Waals surface area (Å²) in [6, 6.07) is 0.538. The topological polar surface area (TPSA) is 9.72 Å². The molecule has 6 heteroatoms. The van der Waals surface area contributed by atoms with E-state index in [1.54, 1.807) is 0 Å². The molecule has 18 heavy (non-hydrogen) atoms. The molecule has 0 aromatic rings. The fraction of sp³-hybridized carbons (Fsp3) is 0.917. The molecule has 2 aliphatic rings. The highest BCUT2D eigenvalue weighted by molar-refractivity contribution is 4.83. The van der Waals surface area contributed by atoms with Gasteiger partial charge in [0.05, 0.1) is 6.54 Å². The van der Waals surface area contributed by atoms with E-state index in [0.29, 0.717) is 19.1 Å². The summed E-state index contributed by atoms with van der Waals surface area (Å²) in [6.07, 6.45) is -1.90. The van der Waals surface area contributed by atoms with E-state index < -0.39 is 12.7 Å². The SMILES string of the molecule is [CH2-]N1CCC(N2CCN(CC(F)(F)F)CC2)CC1. The molecule has 0 amide bonds. The number of likely N-dealkylation sites (tertiary alicyclic amines) is 1. The molecule has 0 N–H and O–H groups in total. The maximum atomic E-state index is 12.3. The van der Waals surface area contributed by atoms with Crippen LogP contribution in [0.4, 0.5) is 13.2 Å². The van der Waals surface area contributed by atoms with Crippen LogP contribution >= 0.6 is 0 Å². The summed E-state index contributed by atoms with van der Waals surface area (Å²) in [4.78, 5) is 5.92. The smallest absolute Gasteiger partial charge is 0.401 e. The molecule has 106 valence electrons. The lowest BCUT2D eigenvalue weighted by Gasteiger charge is -2.44. The molecule has 0 unspecified atom stereocenters. The standard InChI is InChI=1S/C12H21F3N3/c1-16-4-2-11(3-5-16)18-8-6-17(7-9-18)10-12(13,14)15/h11H,1-10H2/q-1. The summed E-state index contributed by atoms with van der Waals surface area (Å²) in [7, 11) is 3.91. The fourth-order valence-electron chi connectivity index (χ4n) is 2.82. The highest BCUT2D eigenvalue weighted by Gasteiger charge is 2.33. The molecule has 0 saturated carbocycles. The molecule has 0 aliphatic carbocycles. The molecule has 2 rings (SSSR count). The molecular formula is C12H21F3N3-. The number of piperazine rings is 1. The van der Waals surface area contributed by atoms with Gasteiger partial charge in [-0.3, -0.25) is 16.8 Å². The van der Waals surface area contributed by atoms with E-state index in [-0.39, 0.29) is 0 Å². The maximum absolute atomic E-state index is 12.3. The molecule has 3 nitrogen and oxygen atoms in total. The zero-order valence-electron chi connectivity index (χ0n) is 10.6. The Labute approximate surface area is 107 Å². The molecule has 0 aromatic carbocycles. The molecule has 2 saturated heterocycles. The Bertz CT molecular complexity index is 254. The Morgan fingerprint density at radius 1 is 0.944 bits per heavy atom. The number of nitrogens with zero attached hydrogens (tertiary/aromatic N) is 3. The summed E-state index contributed by atoms with van der Waals surface area (Å²) in [5.74, 6) is 0. The molecule has 0 spiro atoms. The average Bonchev–Trinajstić information content (AvgIpc) is 2.29. The van der Waals surface area contributed by atoms with Gasteiger partial charge in [-0.2, -0.15) is 13.2 Å². The van der Waals surface area contributed by atoms with Crippen molar-refractivity contribution in [3.63, 3.8) is 0 Å². The first kappa shape index (κ1) is 14.1. The molecule has 2 heterocycles. The van der Waals surface area contributed by atoms with Gasteiger partial charge in [0, 0.05) is 32.2 Å². The van der Waals surface area contributed by atoms with E-state index in [0.717, 1.165) is 39.0 Å². The van der Waals surface area contributed by atoms with Crippen molar-refractivity contribution in [2.24, 2.45) is 0 Å². The van der Waals surface area contributed by atoms with Gasteiger partial charge >= 0.3 is 6.18 Å². The minimum Gasteiger partial charge on any atom is -0.459 e. The minimum absolute atomic E-state index is 0.532. The Hall–Kier alpha value is -0.330. The molecule has 2 aliphatic heterocycles. The van der Waals surface area contributed by atoms with Crippen molar-refractivity contribution in [3.05, 3.63) is 7.05 Å². The molecular weight excluding hydrogens is 243 g/mol. The normalized spacial score (nSPS) is 26.7. The van der Waals surface area contributed by atoms with Crippen LogP contribution in [0.5, 0.6) is 0 Å². The quantitative estimate of drug-likeness (QED) is 0.699. The van der Waals surface area contributed by atoms with Gasteiger partial charge in [-0.1, -0.05) is 0 Å². The Kier molecular flexibility index (Phi) is 4.50. The van der Waals surface area contributed by atoms with Gasteiger partial charge in [-0.05, 0) is 25.9 Å². The van der Waals surface area contributed by atoms with Gasteiger partial charge < -0.3 is 4.90 Å². The number of hydrogen-bond acceptors (Lipinski definition) is 3. The number of rotatable bonds is 2. The third-order valence-corrected chi connectivity index (χ3v) is 3.88. The summed E-state index contributed by atoms with van der Waals surface area (Å²) >= 11 is 0. The predicted molar refractivity (Wildman–Crippen MR) is 64.0 cm³/mol. The lowest BCUT2D eigenvalue weighted by atomic mass is 10.0. The second-order valence-electron chi connectivity index (χ2n) is 5.28. The molecule has 0 bridgehead atoms. The van der Waals surface area contributed by atoms with Crippen LogP contribution in [0.2, 0.25) is 0 Å². The van der Waals surface area contributed by atoms with Crippen molar-refractivity contribution < 1.29 is 13.2 Å². The second-order valence-corrected chi connectivity index (χ2v) is 5.28. The van der Waals surface area contributed by atoms with Crippen LogP contribution in [0.15, 0.2) is 0 Å². The first-order valence-electron chi connectivity index (χ1n) is 6.53. The van der Waals surface area contributed by atoms with Gasteiger partial charge in [0.15, 0.2) is 0 Å². The van der Waals surface area contributed by atoms with Crippen LogP contribution < -0.4 is 0 Å². The van der Waals surface area contributed by atoms with E-state index in [4.69, 9.17) is 0 Å². The lowest BCUT2D eigenvalue weighted by Crippen LogP contribution is -2.54. The van der Waals surface area contributed by atoms with Gasteiger partial charge in [0.2, 0.25) is 0 Å². The fourth-order valence-corrected chi connectivity index (χ4v) is 2.82. The summed E-state index contributed by atoms with van der Waals surface area (Å²) in [5.41, 5.74) is 0. The van der Waals surface area contributed by atoms with E-state index in [1.807, 2.05) is 0 Å². The van der Waals surface area contributed by atoms with Crippen LogP contribution in [0.25, 0.3) is 0 Å². The van der Waals surface area contributed by atoms with E-state index in [1.165, 1.54) is 4.90 Å². The van der Waals surface area contributed by atoms with Crippen molar-refractivity contribution in [1.29, 1.82) is 0 Å².